The van der Waals surface area contributed by atoms with E-state index in [0.29, 0.717) is 22.5 Å². The Labute approximate surface area is 134 Å². The van der Waals surface area contributed by atoms with Crippen molar-refractivity contribution in [1.82, 2.24) is 5.32 Å². The topological polar surface area (TPSA) is 71.3 Å². The molecule has 1 aromatic carbocycles. The van der Waals surface area contributed by atoms with Gasteiger partial charge in [-0.3, -0.25) is 4.72 Å². The van der Waals surface area contributed by atoms with Gasteiger partial charge < -0.3 is 9.73 Å². The summed E-state index contributed by atoms with van der Waals surface area (Å²) in [4.78, 5) is 0. The molecule has 0 aliphatic carbocycles. The largest absolute Gasteiger partial charge is 0.446 e. The van der Waals surface area contributed by atoms with Crippen LogP contribution in [0.3, 0.4) is 0 Å². The van der Waals surface area contributed by atoms with Crippen LogP contribution >= 0.6 is 31.9 Å². The Morgan fingerprint density at radius 2 is 1.95 bits per heavy atom. The van der Waals surface area contributed by atoms with Crippen LogP contribution < -0.4 is 10.0 Å². The number of hydrogen-bond acceptors (Lipinski definition) is 4. The molecule has 5 nitrogen and oxygen atoms in total. The van der Waals surface area contributed by atoms with Gasteiger partial charge in [-0.05, 0) is 53.3 Å². The first kappa shape index (κ1) is 15.6. The molecule has 2 aromatic rings. The van der Waals surface area contributed by atoms with Crippen molar-refractivity contribution in [3.63, 3.8) is 0 Å². The Kier molecular flexibility index (Phi) is 4.90. The van der Waals surface area contributed by atoms with Gasteiger partial charge >= 0.3 is 0 Å². The number of rotatable bonds is 5. The Bertz CT molecular complexity index is 713. The van der Waals surface area contributed by atoms with E-state index in [-0.39, 0.29) is 5.09 Å². The number of furan rings is 1. The number of hydrogen-bond donors (Lipinski definition) is 2. The van der Waals surface area contributed by atoms with Crippen LogP contribution in [-0.4, -0.2) is 15.5 Å². The second-order valence-electron chi connectivity index (χ2n) is 3.98. The molecule has 2 rings (SSSR count). The lowest BCUT2D eigenvalue weighted by Crippen LogP contribution is -2.12. The van der Waals surface area contributed by atoms with Gasteiger partial charge in [0, 0.05) is 8.95 Å². The minimum atomic E-state index is -3.75. The Balaban J connectivity index is 2.28. The minimum Gasteiger partial charge on any atom is -0.446 e. The maximum absolute atomic E-state index is 12.2. The molecule has 8 heteroatoms. The molecule has 0 saturated carbocycles. The molecule has 0 atom stereocenters. The molecular weight excluding hydrogens is 412 g/mol. The summed E-state index contributed by atoms with van der Waals surface area (Å²) in [7, 11) is -1.99. The summed E-state index contributed by atoms with van der Waals surface area (Å²) in [5.74, 6) is 0.557. The lowest BCUT2D eigenvalue weighted by Gasteiger charge is -2.08. The van der Waals surface area contributed by atoms with Crippen molar-refractivity contribution >= 4 is 47.6 Å². The molecule has 0 saturated heterocycles. The zero-order valence-electron chi connectivity index (χ0n) is 10.5. The third-order valence-corrected chi connectivity index (χ3v) is 4.85. The monoisotopic (exact) mass is 422 g/mol. The van der Waals surface area contributed by atoms with Gasteiger partial charge in [0.25, 0.3) is 10.0 Å². The lowest BCUT2D eigenvalue weighted by molar-refractivity contribution is 0.408. The van der Waals surface area contributed by atoms with E-state index in [1.807, 2.05) is 0 Å². The predicted molar refractivity (Wildman–Crippen MR) is 84.1 cm³/mol. The zero-order chi connectivity index (χ0) is 14.8. The summed E-state index contributed by atoms with van der Waals surface area (Å²) >= 11 is 6.59. The van der Waals surface area contributed by atoms with E-state index in [2.05, 4.69) is 41.9 Å². The van der Waals surface area contributed by atoms with Crippen LogP contribution in [0.15, 0.2) is 48.8 Å². The maximum atomic E-state index is 12.2. The minimum absolute atomic E-state index is 0.116. The second-order valence-corrected chi connectivity index (χ2v) is 7.36. The Morgan fingerprint density at radius 3 is 2.65 bits per heavy atom. The van der Waals surface area contributed by atoms with Crippen LogP contribution in [0, 0.1) is 0 Å². The first-order valence-electron chi connectivity index (χ1n) is 5.63. The van der Waals surface area contributed by atoms with Crippen molar-refractivity contribution in [2.24, 2.45) is 0 Å². The summed E-state index contributed by atoms with van der Waals surface area (Å²) in [5.41, 5.74) is 0.436. The first-order valence-corrected chi connectivity index (χ1v) is 8.70. The van der Waals surface area contributed by atoms with Gasteiger partial charge in [-0.25, -0.2) is 0 Å². The van der Waals surface area contributed by atoms with E-state index in [1.54, 1.807) is 31.3 Å². The number of halogens is 2. The molecule has 0 unspecified atom stereocenters. The summed E-state index contributed by atoms with van der Waals surface area (Å²) in [6.45, 7) is 0.468. The van der Waals surface area contributed by atoms with Gasteiger partial charge in [-0.15, -0.1) is 0 Å². The highest BCUT2D eigenvalue weighted by Crippen LogP contribution is 2.28. The van der Waals surface area contributed by atoms with Crippen LogP contribution in [0.5, 0.6) is 0 Å². The molecule has 0 aliphatic rings. The third-order valence-electron chi connectivity index (χ3n) is 2.43. The fourth-order valence-corrected chi connectivity index (χ4v) is 3.40. The molecule has 20 heavy (non-hydrogen) atoms. The van der Waals surface area contributed by atoms with Gasteiger partial charge in [0.1, 0.15) is 5.76 Å². The first-order chi connectivity index (χ1) is 9.42. The van der Waals surface area contributed by atoms with Gasteiger partial charge in [-0.1, -0.05) is 15.9 Å². The normalized spacial score (nSPS) is 11.6. The highest BCUT2D eigenvalue weighted by molar-refractivity contribution is 9.11. The zero-order valence-corrected chi connectivity index (χ0v) is 14.5. The average molecular weight is 424 g/mol. The Morgan fingerprint density at radius 1 is 1.20 bits per heavy atom. The standard InChI is InChI=1S/C12H12Br2N2O3S/c1-15-7-9-3-5-12(19-9)20(17,18)16-11-6-8(13)2-4-10(11)14/h2-6,15-16H,7H2,1H3. The van der Waals surface area contributed by atoms with Crippen LogP contribution in [-0.2, 0) is 16.6 Å². The van der Waals surface area contributed by atoms with Gasteiger partial charge in [0.15, 0.2) is 0 Å². The molecule has 2 N–H and O–H groups in total. The third kappa shape index (κ3) is 3.63. The van der Waals surface area contributed by atoms with Crippen molar-refractivity contribution < 1.29 is 12.8 Å². The number of sulfonamides is 1. The second kappa shape index (κ2) is 6.30. The van der Waals surface area contributed by atoms with Gasteiger partial charge in [0.2, 0.25) is 5.09 Å². The van der Waals surface area contributed by atoms with E-state index in [9.17, 15) is 8.42 Å². The van der Waals surface area contributed by atoms with Crippen molar-refractivity contribution in [3.8, 4) is 0 Å². The fraction of sp³-hybridized carbons (Fsp3) is 0.167. The highest BCUT2D eigenvalue weighted by Gasteiger charge is 2.20. The SMILES string of the molecule is CNCc1ccc(S(=O)(=O)Nc2cc(Br)ccc2Br)o1. The molecular formula is C12H12Br2N2O3S. The quantitative estimate of drug-likeness (QED) is 0.773. The molecule has 0 bridgehead atoms. The number of anilines is 1. The van der Waals surface area contributed by atoms with Crippen molar-refractivity contribution in [2.45, 2.75) is 11.6 Å². The highest BCUT2D eigenvalue weighted by atomic mass is 79.9. The van der Waals surface area contributed by atoms with Crippen LogP contribution in [0.2, 0.25) is 0 Å². The molecule has 1 heterocycles. The van der Waals surface area contributed by atoms with E-state index in [0.717, 1.165) is 4.47 Å². The summed E-state index contributed by atoms with van der Waals surface area (Å²) < 4.78 is 33.6. The molecule has 1 aromatic heterocycles. The van der Waals surface area contributed by atoms with E-state index in [4.69, 9.17) is 4.42 Å². The number of nitrogens with one attached hydrogen (secondary N) is 2. The van der Waals surface area contributed by atoms with Crippen LogP contribution in [0.4, 0.5) is 5.69 Å². The lowest BCUT2D eigenvalue weighted by atomic mass is 10.3. The van der Waals surface area contributed by atoms with E-state index >= 15 is 0 Å². The van der Waals surface area contributed by atoms with Crippen LogP contribution in [0.1, 0.15) is 5.76 Å². The summed E-state index contributed by atoms with van der Waals surface area (Å²) in [5, 5.41) is 2.78. The molecule has 0 fully saturated rings. The summed E-state index contributed by atoms with van der Waals surface area (Å²) in [6, 6.07) is 8.28. The number of benzene rings is 1. The van der Waals surface area contributed by atoms with Gasteiger partial charge in [0.05, 0.1) is 12.2 Å². The molecule has 0 aliphatic heterocycles. The van der Waals surface area contributed by atoms with Gasteiger partial charge in [-0.2, -0.15) is 8.42 Å². The summed E-state index contributed by atoms with van der Waals surface area (Å²) in [6.07, 6.45) is 0. The smallest absolute Gasteiger partial charge is 0.295 e. The van der Waals surface area contributed by atoms with Crippen molar-refractivity contribution in [2.75, 3.05) is 11.8 Å². The van der Waals surface area contributed by atoms with Crippen molar-refractivity contribution in [3.05, 3.63) is 45.0 Å². The maximum Gasteiger partial charge on any atom is 0.295 e. The van der Waals surface area contributed by atoms with E-state index < -0.39 is 10.0 Å². The van der Waals surface area contributed by atoms with Crippen LogP contribution in [0.25, 0.3) is 0 Å². The fourth-order valence-electron chi connectivity index (χ4n) is 1.54. The Hall–Kier alpha value is -0.830. The molecule has 0 amide bonds. The molecule has 108 valence electrons. The average Bonchev–Trinajstić information content (AvgIpc) is 2.83. The van der Waals surface area contributed by atoms with Crippen molar-refractivity contribution in [1.29, 1.82) is 0 Å². The molecule has 0 radical (unpaired) electrons. The molecule has 0 spiro atoms. The predicted octanol–water partition coefficient (Wildman–Crippen LogP) is 3.32. The van der Waals surface area contributed by atoms with E-state index in [1.165, 1.54) is 6.07 Å².